The number of hydrogen-bond acceptors (Lipinski definition) is 4. The van der Waals surface area contributed by atoms with Crippen LogP contribution in [0.2, 0.25) is 0 Å². The third-order valence-corrected chi connectivity index (χ3v) is 2.06. The number of carbonyl (C=O) groups excluding carboxylic acids is 1. The highest BCUT2D eigenvalue weighted by Crippen LogP contribution is 2.19. The first-order valence-electron chi connectivity index (χ1n) is 5.51. The second kappa shape index (κ2) is 7.13. The molecule has 0 saturated heterocycles. The van der Waals surface area contributed by atoms with Gasteiger partial charge in [-0.15, -0.1) is 0 Å². The Hall–Kier alpha value is -2.28. The highest BCUT2D eigenvalue weighted by Gasteiger charge is 2.06. The van der Waals surface area contributed by atoms with Crippen molar-refractivity contribution >= 4 is 5.97 Å². The van der Waals surface area contributed by atoms with E-state index in [9.17, 15) is 4.79 Å². The number of hydrogen-bond donors (Lipinski definition) is 0. The van der Waals surface area contributed by atoms with Gasteiger partial charge in [0.2, 0.25) is 0 Å². The zero-order valence-corrected chi connectivity index (χ0v) is 10.3. The summed E-state index contributed by atoms with van der Waals surface area (Å²) in [7, 11) is 0. The van der Waals surface area contributed by atoms with E-state index in [0.29, 0.717) is 12.4 Å². The molecule has 0 aliphatic rings. The molecule has 0 unspecified atom stereocenters. The molecule has 1 aromatic carbocycles. The molecule has 0 N–H and O–H groups in total. The molecular weight excluding hydrogens is 230 g/mol. The molecule has 0 aliphatic carbocycles. The quantitative estimate of drug-likeness (QED) is 0.571. The van der Waals surface area contributed by atoms with E-state index < -0.39 is 5.97 Å². The number of esters is 1. The van der Waals surface area contributed by atoms with Crippen molar-refractivity contribution in [3.8, 4) is 11.8 Å². The zero-order chi connectivity index (χ0) is 13.4. The van der Waals surface area contributed by atoms with Gasteiger partial charge < -0.3 is 9.47 Å². The second-order valence-electron chi connectivity index (χ2n) is 3.85. The van der Waals surface area contributed by atoms with Crippen molar-refractivity contribution in [2.45, 2.75) is 20.0 Å². The van der Waals surface area contributed by atoms with Gasteiger partial charge in [-0.1, -0.05) is 24.8 Å². The van der Waals surface area contributed by atoms with E-state index >= 15 is 0 Å². The van der Waals surface area contributed by atoms with Crippen molar-refractivity contribution < 1.29 is 14.3 Å². The Bertz CT molecular complexity index is 474. The van der Waals surface area contributed by atoms with Crippen LogP contribution in [0.5, 0.6) is 5.75 Å². The summed E-state index contributed by atoms with van der Waals surface area (Å²) in [6, 6.07) is 9.03. The maximum Gasteiger partial charge on any atom is 0.320 e. The van der Waals surface area contributed by atoms with Gasteiger partial charge in [0.25, 0.3) is 0 Å². The zero-order valence-electron chi connectivity index (χ0n) is 10.3. The lowest BCUT2D eigenvalue weighted by Crippen LogP contribution is -2.06. The maximum atomic E-state index is 11.1. The van der Waals surface area contributed by atoms with E-state index in [2.05, 4.69) is 6.58 Å². The summed E-state index contributed by atoms with van der Waals surface area (Å²) in [6.45, 7) is 6.15. The minimum atomic E-state index is -0.535. The SMILES string of the molecule is C=C(C)COc1ccccc1COC(=O)CC#N. The molecule has 0 aliphatic heterocycles. The number of ether oxygens (including phenoxy) is 2. The van der Waals surface area contributed by atoms with Gasteiger partial charge in [0.05, 0.1) is 6.07 Å². The molecule has 1 rings (SSSR count). The van der Waals surface area contributed by atoms with E-state index in [1.807, 2.05) is 25.1 Å². The van der Waals surface area contributed by atoms with Crippen LogP contribution in [0.1, 0.15) is 18.9 Å². The standard InChI is InChI=1S/C14H15NO3/c1-11(2)9-17-13-6-4-3-5-12(13)10-18-14(16)7-8-15/h3-6H,1,7,9-10H2,2H3. The van der Waals surface area contributed by atoms with Crippen molar-refractivity contribution in [2.75, 3.05) is 6.61 Å². The molecule has 0 atom stereocenters. The molecule has 0 saturated carbocycles. The van der Waals surface area contributed by atoms with Gasteiger partial charge in [-0.3, -0.25) is 4.79 Å². The number of nitriles is 1. The lowest BCUT2D eigenvalue weighted by molar-refractivity contribution is -0.143. The Kier molecular flexibility index (Phi) is 5.46. The smallest absolute Gasteiger partial charge is 0.320 e. The average molecular weight is 245 g/mol. The van der Waals surface area contributed by atoms with Crippen molar-refractivity contribution in [3.63, 3.8) is 0 Å². The summed E-state index contributed by atoms with van der Waals surface area (Å²) in [5.41, 5.74) is 1.68. The topological polar surface area (TPSA) is 59.3 Å². The van der Waals surface area contributed by atoms with Gasteiger partial charge in [0.1, 0.15) is 25.4 Å². The minimum Gasteiger partial charge on any atom is -0.489 e. The Balaban J connectivity index is 2.62. The summed E-state index contributed by atoms with van der Waals surface area (Å²) < 4.78 is 10.5. The summed E-state index contributed by atoms with van der Waals surface area (Å²) in [5.74, 6) is 0.123. The van der Waals surface area contributed by atoms with Gasteiger partial charge in [-0.2, -0.15) is 5.26 Å². The van der Waals surface area contributed by atoms with Crippen molar-refractivity contribution in [1.82, 2.24) is 0 Å². The molecule has 18 heavy (non-hydrogen) atoms. The summed E-state index contributed by atoms with van der Waals surface area (Å²) >= 11 is 0. The van der Waals surface area contributed by atoms with Crippen LogP contribution in [0.3, 0.4) is 0 Å². The molecule has 0 spiro atoms. The molecule has 0 aromatic heterocycles. The number of para-hydroxylation sites is 1. The molecule has 0 radical (unpaired) electrons. The first-order valence-corrected chi connectivity index (χ1v) is 5.51. The van der Waals surface area contributed by atoms with Crippen LogP contribution in [0.25, 0.3) is 0 Å². The number of nitrogens with zero attached hydrogens (tertiary/aromatic N) is 1. The predicted octanol–water partition coefficient (Wildman–Crippen LogP) is 2.60. The Labute approximate surface area is 106 Å². The third kappa shape index (κ3) is 4.71. The van der Waals surface area contributed by atoms with Crippen molar-refractivity contribution in [1.29, 1.82) is 5.26 Å². The van der Waals surface area contributed by atoms with Crippen LogP contribution >= 0.6 is 0 Å². The van der Waals surface area contributed by atoms with E-state index in [1.165, 1.54) is 0 Å². The van der Waals surface area contributed by atoms with E-state index in [0.717, 1.165) is 11.1 Å². The van der Waals surface area contributed by atoms with Gasteiger partial charge in [0, 0.05) is 5.56 Å². The van der Waals surface area contributed by atoms with Crippen LogP contribution in [-0.4, -0.2) is 12.6 Å². The van der Waals surface area contributed by atoms with Crippen LogP contribution < -0.4 is 4.74 Å². The molecule has 0 heterocycles. The van der Waals surface area contributed by atoms with E-state index in [1.54, 1.807) is 12.1 Å². The van der Waals surface area contributed by atoms with Crippen LogP contribution in [-0.2, 0) is 16.1 Å². The van der Waals surface area contributed by atoms with Gasteiger partial charge in [-0.25, -0.2) is 0 Å². The normalized spacial score (nSPS) is 9.33. The Morgan fingerprint density at radius 3 is 2.83 bits per heavy atom. The first-order chi connectivity index (χ1) is 8.63. The molecular formula is C14H15NO3. The fourth-order valence-electron chi connectivity index (χ4n) is 1.24. The monoisotopic (exact) mass is 245 g/mol. The van der Waals surface area contributed by atoms with E-state index in [4.69, 9.17) is 14.7 Å². The highest BCUT2D eigenvalue weighted by atomic mass is 16.5. The highest BCUT2D eigenvalue weighted by molar-refractivity contribution is 5.71. The van der Waals surface area contributed by atoms with Crippen molar-refractivity contribution in [2.24, 2.45) is 0 Å². The molecule has 0 amide bonds. The number of benzene rings is 1. The van der Waals surface area contributed by atoms with E-state index in [-0.39, 0.29) is 13.0 Å². The fourth-order valence-corrected chi connectivity index (χ4v) is 1.24. The molecule has 4 heteroatoms. The van der Waals surface area contributed by atoms with Crippen LogP contribution in [0, 0.1) is 11.3 Å². The average Bonchev–Trinajstić information content (AvgIpc) is 2.35. The predicted molar refractivity (Wildman–Crippen MR) is 66.8 cm³/mol. The largest absolute Gasteiger partial charge is 0.489 e. The summed E-state index contributed by atoms with van der Waals surface area (Å²) in [5, 5.41) is 8.35. The molecule has 4 nitrogen and oxygen atoms in total. The molecule has 94 valence electrons. The Morgan fingerprint density at radius 2 is 2.17 bits per heavy atom. The lowest BCUT2D eigenvalue weighted by Gasteiger charge is -2.11. The lowest BCUT2D eigenvalue weighted by atomic mass is 10.2. The number of rotatable bonds is 6. The van der Waals surface area contributed by atoms with Gasteiger partial charge >= 0.3 is 5.97 Å². The fraction of sp³-hybridized carbons (Fsp3) is 0.286. The molecule has 0 bridgehead atoms. The first kappa shape index (κ1) is 13.8. The van der Waals surface area contributed by atoms with Crippen LogP contribution in [0.4, 0.5) is 0 Å². The second-order valence-corrected chi connectivity index (χ2v) is 3.85. The third-order valence-electron chi connectivity index (χ3n) is 2.06. The summed E-state index contributed by atoms with van der Waals surface area (Å²) in [6.07, 6.45) is -0.241. The Morgan fingerprint density at radius 1 is 1.44 bits per heavy atom. The molecule has 0 fully saturated rings. The van der Waals surface area contributed by atoms with Gasteiger partial charge in [0.15, 0.2) is 0 Å². The van der Waals surface area contributed by atoms with Gasteiger partial charge in [-0.05, 0) is 18.6 Å². The summed E-state index contributed by atoms with van der Waals surface area (Å²) in [4.78, 5) is 11.1. The van der Waals surface area contributed by atoms with Crippen LogP contribution in [0.15, 0.2) is 36.4 Å². The number of carbonyl (C=O) groups is 1. The minimum absolute atomic E-state index is 0.104. The maximum absolute atomic E-state index is 11.1. The molecule has 1 aromatic rings. The van der Waals surface area contributed by atoms with Crippen molar-refractivity contribution in [3.05, 3.63) is 42.0 Å².